The van der Waals surface area contributed by atoms with E-state index in [-0.39, 0.29) is 11.4 Å². The third kappa shape index (κ3) is 3.46. The van der Waals surface area contributed by atoms with Crippen molar-refractivity contribution in [2.75, 3.05) is 18.5 Å². The maximum Gasteiger partial charge on any atom is 0.278 e. The molecule has 1 aromatic heterocycles. The fraction of sp³-hybridized carbons (Fsp3) is 0.143. The fourth-order valence-corrected chi connectivity index (χ4v) is 1.60. The number of ether oxygens (including phenoxy) is 1. The van der Waals surface area contributed by atoms with Gasteiger partial charge in [0.2, 0.25) is 0 Å². The lowest BCUT2D eigenvalue weighted by molar-refractivity contribution is 0.101. The molecule has 0 saturated heterocycles. The normalized spacial score (nSPS) is 10.1. The van der Waals surface area contributed by atoms with Gasteiger partial charge in [-0.15, -0.1) is 0 Å². The van der Waals surface area contributed by atoms with Gasteiger partial charge in [-0.3, -0.25) is 4.79 Å². The molecule has 2 rings (SSSR count). The Morgan fingerprint density at radius 1 is 1.35 bits per heavy atom. The first-order valence-electron chi connectivity index (χ1n) is 6.09. The number of nitrogens with two attached hydrogens (primary N) is 1. The molecule has 0 aliphatic heterocycles. The summed E-state index contributed by atoms with van der Waals surface area (Å²) in [5.74, 6) is -0.0434. The highest BCUT2D eigenvalue weighted by Gasteiger charge is 2.12. The van der Waals surface area contributed by atoms with Gasteiger partial charge in [-0.2, -0.15) is 0 Å². The summed E-state index contributed by atoms with van der Waals surface area (Å²) in [4.78, 5) is 15.8. The predicted molar refractivity (Wildman–Crippen MR) is 74.8 cm³/mol. The van der Waals surface area contributed by atoms with E-state index in [0.29, 0.717) is 24.6 Å². The van der Waals surface area contributed by atoms with Crippen LogP contribution in [0.15, 0.2) is 42.6 Å². The lowest BCUT2D eigenvalue weighted by Crippen LogP contribution is -2.14. The summed E-state index contributed by atoms with van der Waals surface area (Å²) in [6.45, 7) is 0.816. The molecule has 104 valence electrons. The average molecular weight is 273 g/mol. The number of nitrogens with zero attached hydrogens (tertiary/aromatic N) is 1. The number of pyridine rings is 1. The van der Waals surface area contributed by atoms with Gasteiger partial charge in [0.25, 0.3) is 5.91 Å². The van der Waals surface area contributed by atoms with Crippen molar-refractivity contribution in [3.63, 3.8) is 0 Å². The number of amides is 1. The number of nitrogens with one attached hydrogen (secondary N) is 1. The quantitative estimate of drug-likeness (QED) is 0.764. The van der Waals surface area contributed by atoms with E-state index in [0.717, 1.165) is 0 Å². The number of benzene rings is 1. The van der Waals surface area contributed by atoms with Gasteiger partial charge in [-0.1, -0.05) is 6.07 Å². The van der Waals surface area contributed by atoms with Gasteiger partial charge in [0.15, 0.2) is 5.69 Å². The SMILES string of the molecule is NCCOc1cccc(NC(=O)c2ncccc2O)c1. The number of hydrogen-bond acceptors (Lipinski definition) is 5. The van der Waals surface area contributed by atoms with Crippen LogP contribution in [0.2, 0.25) is 0 Å². The van der Waals surface area contributed by atoms with Gasteiger partial charge >= 0.3 is 0 Å². The van der Waals surface area contributed by atoms with E-state index < -0.39 is 5.91 Å². The molecule has 0 fully saturated rings. The van der Waals surface area contributed by atoms with Gasteiger partial charge in [0, 0.05) is 24.5 Å². The van der Waals surface area contributed by atoms with Crippen molar-refractivity contribution < 1.29 is 14.6 Å². The maximum absolute atomic E-state index is 12.0. The Labute approximate surface area is 116 Å². The van der Waals surface area contributed by atoms with E-state index in [1.54, 1.807) is 30.3 Å². The summed E-state index contributed by atoms with van der Waals surface area (Å²) in [5.41, 5.74) is 5.88. The Balaban J connectivity index is 2.10. The molecule has 4 N–H and O–H groups in total. The molecule has 1 aromatic carbocycles. The van der Waals surface area contributed by atoms with Crippen molar-refractivity contribution in [1.82, 2.24) is 4.98 Å². The number of rotatable bonds is 5. The smallest absolute Gasteiger partial charge is 0.278 e. The zero-order valence-electron chi connectivity index (χ0n) is 10.7. The van der Waals surface area contributed by atoms with Gasteiger partial charge in [-0.05, 0) is 24.3 Å². The summed E-state index contributed by atoms with van der Waals surface area (Å²) in [5, 5.41) is 12.2. The number of aromatic hydroxyl groups is 1. The van der Waals surface area contributed by atoms with Crippen molar-refractivity contribution in [3.8, 4) is 11.5 Å². The zero-order chi connectivity index (χ0) is 14.4. The van der Waals surface area contributed by atoms with Crippen LogP contribution in [-0.2, 0) is 0 Å². The minimum atomic E-state index is -0.487. The van der Waals surface area contributed by atoms with Gasteiger partial charge < -0.3 is 20.9 Å². The monoisotopic (exact) mass is 273 g/mol. The second-order valence-corrected chi connectivity index (χ2v) is 3.99. The van der Waals surface area contributed by atoms with Crippen LogP contribution in [0, 0.1) is 0 Å². The van der Waals surface area contributed by atoms with Crippen molar-refractivity contribution >= 4 is 11.6 Å². The summed E-state index contributed by atoms with van der Waals surface area (Å²) in [6, 6.07) is 9.86. The second kappa shape index (κ2) is 6.53. The van der Waals surface area contributed by atoms with Crippen LogP contribution in [0.4, 0.5) is 5.69 Å². The molecule has 6 nitrogen and oxygen atoms in total. The van der Waals surface area contributed by atoms with Crippen LogP contribution in [-0.4, -0.2) is 29.1 Å². The van der Waals surface area contributed by atoms with Crippen LogP contribution in [0.1, 0.15) is 10.5 Å². The third-order valence-electron chi connectivity index (χ3n) is 2.48. The molecule has 0 spiro atoms. The number of carbonyl (C=O) groups is 1. The average Bonchev–Trinajstić information content (AvgIpc) is 2.46. The molecule has 0 unspecified atom stereocenters. The molecule has 0 atom stereocenters. The van der Waals surface area contributed by atoms with Gasteiger partial charge in [0.05, 0.1) is 0 Å². The minimum Gasteiger partial charge on any atom is -0.505 e. The fourth-order valence-electron chi connectivity index (χ4n) is 1.60. The lowest BCUT2D eigenvalue weighted by atomic mass is 10.2. The molecule has 1 amide bonds. The van der Waals surface area contributed by atoms with Crippen LogP contribution >= 0.6 is 0 Å². The van der Waals surface area contributed by atoms with Crippen LogP contribution in [0.5, 0.6) is 11.5 Å². The summed E-state index contributed by atoms with van der Waals surface area (Å²) < 4.78 is 5.37. The van der Waals surface area contributed by atoms with Gasteiger partial charge in [-0.25, -0.2) is 4.98 Å². The molecule has 6 heteroatoms. The highest BCUT2D eigenvalue weighted by atomic mass is 16.5. The first-order chi connectivity index (χ1) is 9.70. The molecule has 0 saturated carbocycles. The minimum absolute atomic E-state index is 0.0271. The molecule has 0 aliphatic rings. The Morgan fingerprint density at radius 2 is 2.20 bits per heavy atom. The standard InChI is InChI=1S/C14H15N3O3/c15-6-8-20-11-4-1-3-10(9-11)17-14(19)13-12(18)5-2-7-16-13/h1-5,7,9,18H,6,8,15H2,(H,17,19). The van der Waals surface area contributed by atoms with E-state index in [1.807, 2.05) is 0 Å². The summed E-state index contributed by atoms with van der Waals surface area (Å²) in [6.07, 6.45) is 1.44. The number of carbonyl (C=O) groups excluding carboxylic acids is 1. The number of hydrogen-bond donors (Lipinski definition) is 3. The lowest BCUT2D eigenvalue weighted by Gasteiger charge is -2.08. The molecule has 20 heavy (non-hydrogen) atoms. The van der Waals surface area contributed by atoms with Crippen LogP contribution < -0.4 is 15.8 Å². The van der Waals surface area contributed by atoms with Crippen LogP contribution in [0.3, 0.4) is 0 Å². The van der Waals surface area contributed by atoms with E-state index in [1.165, 1.54) is 12.3 Å². The van der Waals surface area contributed by atoms with E-state index >= 15 is 0 Å². The highest BCUT2D eigenvalue weighted by molar-refractivity contribution is 6.04. The highest BCUT2D eigenvalue weighted by Crippen LogP contribution is 2.19. The first-order valence-corrected chi connectivity index (χ1v) is 6.09. The Hall–Kier alpha value is -2.60. The van der Waals surface area contributed by atoms with Crippen molar-refractivity contribution in [1.29, 1.82) is 0 Å². The van der Waals surface area contributed by atoms with E-state index in [2.05, 4.69) is 10.3 Å². The molecular formula is C14H15N3O3. The summed E-state index contributed by atoms with van der Waals surface area (Å²) in [7, 11) is 0. The Morgan fingerprint density at radius 3 is 2.95 bits per heavy atom. The molecule has 2 aromatic rings. The van der Waals surface area contributed by atoms with Crippen molar-refractivity contribution in [2.24, 2.45) is 5.73 Å². The Bertz CT molecular complexity index is 602. The first kappa shape index (κ1) is 13.8. The topological polar surface area (TPSA) is 97.5 Å². The molecule has 0 bridgehead atoms. The molecule has 1 heterocycles. The third-order valence-corrected chi connectivity index (χ3v) is 2.48. The predicted octanol–water partition coefficient (Wildman–Crippen LogP) is 1.38. The van der Waals surface area contributed by atoms with Crippen molar-refractivity contribution in [3.05, 3.63) is 48.3 Å². The molecule has 0 radical (unpaired) electrons. The van der Waals surface area contributed by atoms with Crippen molar-refractivity contribution in [2.45, 2.75) is 0 Å². The number of aromatic nitrogens is 1. The molecular weight excluding hydrogens is 258 g/mol. The van der Waals surface area contributed by atoms with E-state index in [4.69, 9.17) is 10.5 Å². The van der Waals surface area contributed by atoms with Crippen LogP contribution in [0.25, 0.3) is 0 Å². The second-order valence-electron chi connectivity index (χ2n) is 3.99. The Kier molecular flexibility index (Phi) is 4.52. The van der Waals surface area contributed by atoms with E-state index in [9.17, 15) is 9.90 Å². The molecule has 0 aliphatic carbocycles. The summed E-state index contributed by atoms with van der Waals surface area (Å²) >= 11 is 0. The van der Waals surface area contributed by atoms with Gasteiger partial charge in [0.1, 0.15) is 18.1 Å². The maximum atomic E-state index is 12.0. The zero-order valence-corrected chi connectivity index (χ0v) is 10.7. The number of anilines is 1. The largest absolute Gasteiger partial charge is 0.505 e.